The standard InChI is InChI=1S/C24H29ClFNO3/c1-16-21(11-8-12-27(16)15-17-9-6-5-7-10-17)29-22-14-20(26)18(13-19(22)25)23(28)30-24(2,3)4/h5-7,9-10,13-14,16,21H,8,11-12,15H2,1-4H3/t16-,21-/m0/s1. The fourth-order valence-electron chi connectivity index (χ4n) is 3.65. The molecule has 0 saturated carbocycles. The summed E-state index contributed by atoms with van der Waals surface area (Å²) in [6.07, 6.45) is 1.72. The highest BCUT2D eigenvalue weighted by molar-refractivity contribution is 6.32. The zero-order valence-electron chi connectivity index (χ0n) is 18.0. The lowest BCUT2D eigenvalue weighted by Crippen LogP contribution is -2.48. The number of benzene rings is 2. The molecular formula is C24H29ClFNO3. The lowest BCUT2D eigenvalue weighted by atomic mass is 9.99. The van der Waals surface area contributed by atoms with Crippen molar-refractivity contribution < 1.29 is 18.7 Å². The summed E-state index contributed by atoms with van der Waals surface area (Å²) in [5.74, 6) is -1.19. The first kappa shape index (κ1) is 22.6. The third-order valence-corrected chi connectivity index (χ3v) is 5.49. The number of carbonyl (C=O) groups is 1. The smallest absolute Gasteiger partial charge is 0.341 e. The van der Waals surface area contributed by atoms with E-state index >= 15 is 0 Å². The van der Waals surface area contributed by atoms with Crippen LogP contribution in [0.1, 0.15) is 56.5 Å². The van der Waals surface area contributed by atoms with Crippen LogP contribution in [-0.4, -0.2) is 35.2 Å². The first-order valence-corrected chi connectivity index (χ1v) is 10.7. The van der Waals surface area contributed by atoms with E-state index in [4.69, 9.17) is 21.1 Å². The summed E-state index contributed by atoms with van der Waals surface area (Å²) in [7, 11) is 0. The predicted octanol–water partition coefficient (Wildman–Crippen LogP) is 5.87. The van der Waals surface area contributed by atoms with Crippen molar-refractivity contribution in [1.82, 2.24) is 4.90 Å². The molecule has 3 rings (SSSR count). The van der Waals surface area contributed by atoms with Crippen LogP contribution in [0.5, 0.6) is 5.75 Å². The number of likely N-dealkylation sites (tertiary alicyclic amines) is 1. The normalized spacial score (nSPS) is 20.1. The van der Waals surface area contributed by atoms with Gasteiger partial charge in [0.2, 0.25) is 0 Å². The highest BCUT2D eigenvalue weighted by Gasteiger charge is 2.30. The van der Waals surface area contributed by atoms with Gasteiger partial charge >= 0.3 is 5.97 Å². The van der Waals surface area contributed by atoms with Crippen LogP contribution in [0.2, 0.25) is 5.02 Å². The Balaban J connectivity index is 1.72. The molecule has 0 N–H and O–H groups in total. The Morgan fingerprint density at radius 2 is 1.93 bits per heavy atom. The second-order valence-corrected chi connectivity index (χ2v) is 9.17. The monoisotopic (exact) mass is 433 g/mol. The van der Waals surface area contributed by atoms with E-state index in [0.29, 0.717) is 0 Å². The summed E-state index contributed by atoms with van der Waals surface area (Å²) in [6.45, 7) is 9.12. The minimum absolute atomic E-state index is 0.119. The number of ether oxygens (including phenoxy) is 2. The second-order valence-electron chi connectivity index (χ2n) is 8.76. The van der Waals surface area contributed by atoms with Gasteiger partial charge in [-0.15, -0.1) is 0 Å². The summed E-state index contributed by atoms with van der Waals surface area (Å²) in [4.78, 5) is 14.6. The Hall–Kier alpha value is -2.11. The average Bonchev–Trinajstić information content (AvgIpc) is 2.67. The van der Waals surface area contributed by atoms with Crippen molar-refractivity contribution in [2.24, 2.45) is 0 Å². The van der Waals surface area contributed by atoms with Gasteiger partial charge < -0.3 is 9.47 Å². The Labute approximate surface area is 182 Å². The zero-order valence-corrected chi connectivity index (χ0v) is 18.7. The van der Waals surface area contributed by atoms with E-state index in [-0.39, 0.29) is 28.5 Å². The highest BCUT2D eigenvalue weighted by atomic mass is 35.5. The Morgan fingerprint density at radius 3 is 2.60 bits per heavy atom. The van der Waals surface area contributed by atoms with E-state index in [0.717, 1.165) is 25.9 Å². The molecule has 0 radical (unpaired) electrons. The number of piperidine rings is 1. The number of nitrogens with zero attached hydrogens (tertiary/aromatic N) is 1. The first-order valence-electron chi connectivity index (χ1n) is 10.3. The molecule has 2 aromatic rings. The maximum absolute atomic E-state index is 14.6. The predicted molar refractivity (Wildman–Crippen MR) is 117 cm³/mol. The molecule has 162 valence electrons. The molecule has 0 spiro atoms. The summed E-state index contributed by atoms with van der Waals surface area (Å²) in [6, 6.07) is 12.9. The molecule has 2 aromatic carbocycles. The lowest BCUT2D eigenvalue weighted by molar-refractivity contribution is 0.00643. The van der Waals surface area contributed by atoms with Gasteiger partial charge in [0.15, 0.2) is 0 Å². The molecule has 1 saturated heterocycles. The Bertz CT molecular complexity index is 882. The third-order valence-electron chi connectivity index (χ3n) is 5.20. The number of esters is 1. The summed E-state index contributed by atoms with van der Waals surface area (Å²) < 4.78 is 26.0. The van der Waals surface area contributed by atoms with Gasteiger partial charge in [0.25, 0.3) is 0 Å². The third kappa shape index (κ3) is 5.73. The highest BCUT2D eigenvalue weighted by Crippen LogP contribution is 2.32. The van der Waals surface area contributed by atoms with Crippen molar-refractivity contribution in [3.63, 3.8) is 0 Å². The maximum Gasteiger partial charge on any atom is 0.341 e. The van der Waals surface area contributed by atoms with Crippen molar-refractivity contribution in [1.29, 1.82) is 0 Å². The molecule has 6 heteroatoms. The van der Waals surface area contributed by atoms with Gasteiger partial charge in [-0.25, -0.2) is 9.18 Å². The lowest BCUT2D eigenvalue weighted by Gasteiger charge is -2.39. The topological polar surface area (TPSA) is 38.8 Å². The van der Waals surface area contributed by atoms with E-state index in [9.17, 15) is 9.18 Å². The van der Waals surface area contributed by atoms with Crippen molar-refractivity contribution >= 4 is 17.6 Å². The quantitative estimate of drug-likeness (QED) is 0.553. The van der Waals surface area contributed by atoms with Crippen LogP contribution in [-0.2, 0) is 11.3 Å². The number of rotatable bonds is 5. The molecule has 30 heavy (non-hydrogen) atoms. The molecule has 0 aliphatic carbocycles. The minimum atomic E-state index is -0.742. The van der Waals surface area contributed by atoms with Gasteiger partial charge in [-0.1, -0.05) is 41.9 Å². The van der Waals surface area contributed by atoms with Crippen molar-refractivity contribution in [2.45, 2.75) is 64.8 Å². The number of carbonyl (C=O) groups excluding carboxylic acids is 1. The van der Waals surface area contributed by atoms with Gasteiger partial charge in [0, 0.05) is 18.7 Å². The molecule has 4 nitrogen and oxygen atoms in total. The van der Waals surface area contributed by atoms with Gasteiger partial charge in [-0.2, -0.15) is 0 Å². The molecular weight excluding hydrogens is 405 g/mol. The molecule has 1 aliphatic heterocycles. The van der Waals surface area contributed by atoms with Crippen LogP contribution in [0.25, 0.3) is 0 Å². The first-order chi connectivity index (χ1) is 14.1. The van der Waals surface area contributed by atoms with Crippen molar-refractivity contribution in [3.05, 3.63) is 64.4 Å². The van der Waals surface area contributed by atoms with Crippen LogP contribution >= 0.6 is 11.6 Å². The largest absolute Gasteiger partial charge is 0.487 e. The molecule has 1 heterocycles. The van der Waals surface area contributed by atoms with Crippen LogP contribution < -0.4 is 4.74 Å². The minimum Gasteiger partial charge on any atom is -0.487 e. The van der Waals surface area contributed by atoms with Crippen LogP contribution in [0.15, 0.2) is 42.5 Å². The Kier molecular flexibility index (Phi) is 7.04. The molecule has 0 unspecified atom stereocenters. The molecule has 0 bridgehead atoms. The van der Waals surface area contributed by atoms with Gasteiger partial charge in [-0.05, 0) is 58.7 Å². The number of hydrogen-bond donors (Lipinski definition) is 0. The molecule has 0 amide bonds. The molecule has 1 aliphatic rings. The fourth-order valence-corrected chi connectivity index (χ4v) is 3.85. The molecule has 2 atom stereocenters. The number of hydrogen-bond acceptors (Lipinski definition) is 4. The van der Waals surface area contributed by atoms with Crippen molar-refractivity contribution in [3.8, 4) is 5.75 Å². The van der Waals surface area contributed by atoms with E-state index in [1.807, 2.05) is 18.2 Å². The maximum atomic E-state index is 14.6. The van der Waals surface area contributed by atoms with Crippen molar-refractivity contribution in [2.75, 3.05) is 6.54 Å². The molecule has 1 fully saturated rings. The van der Waals surface area contributed by atoms with Gasteiger partial charge in [0.1, 0.15) is 23.3 Å². The summed E-state index contributed by atoms with van der Waals surface area (Å²) in [5.41, 5.74) is 0.339. The SMILES string of the molecule is C[C@H]1[C@@H](Oc2cc(F)c(C(=O)OC(C)(C)C)cc2Cl)CCCN1Cc1ccccc1. The molecule has 0 aromatic heterocycles. The van der Waals surface area contributed by atoms with Crippen LogP contribution in [0, 0.1) is 5.82 Å². The van der Waals surface area contributed by atoms with Crippen LogP contribution in [0.4, 0.5) is 4.39 Å². The second kappa shape index (κ2) is 9.36. The van der Waals surface area contributed by atoms with E-state index < -0.39 is 17.4 Å². The average molecular weight is 434 g/mol. The van der Waals surface area contributed by atoms with Crippen LogP contribution in [0.3, 0.4) is 0 Å². The van der Waals surface area contributed by atoms with E-state index in [2.05, 4.69) is 24.0 Å². The fraction of sp³-hybridized carbons (Fsp3) is 0.458. The summed E-state index contributed by atoms with van der Waals surface area (Å²) in [5, 5.41) is 0.199. The van der Waals surface area contributed by atoms with E-state index in [1.54, 1.807) is 20.8 Å². The zero-order chi connectivity index (χ0) is 21.9. The Morgan fingerprint density at radius 1 is 1.23 bits per heavy atom. The van der Waals surface area contributed by atoms with E-state index in [1.165, 1.54) is 17.7 Å². The van der Waals surface area contributed by atoms with Gasteiger partial charge in [-0.3, -0.25) is 4.90 Å². The summed E-state index contributed by atoms with van der Waals surface area (Å²) >= 11 is 6.34. The van der Waals surface area contributed by atoms with Gasteiger partial charge in [0.05, 0.1) is 10.6 Å². The number of halogens is 2.